The Morgan fingerprint density at radius 2 is 1.64 bits per heavy atom. The topological polar surface area (TPSA) is 143 Å². The van der Waals surface area contributed by atoms with Crippen molar-refractivity contribution in [3.8, 4) is 11.3 Å². The zero-order chi connectivity index (χ0) is 30.5. The molecule has 0 aliphatic carbocycles. The van der Waals surface area contributed by atoms with Gasteiger partial charge in [-0.05, 0) is 55.5 Å². The van der Waals surface area contributed by atoms with Crippen molar-refractivity contribution in [1.29, 1.82) is 0 Å². The number of aliphatic hydroxyl groups excluding tert-OH is 1. The molecule has 42 heavy (non-hydrogen) atoms. The van der Waals surface area contributed by atoms with Crippen LogP contribution in [0.2, 0.25) is 0 Å². The van der Waals surface area contributed by atoms with Crippen LogP contribution in [0.3, 0.4) is 0 Å². The van der Waals surface area contributed by atoms with Gasteiger partial charge >= 0.3 is 29.6 Å². The van der Waals surface area contributed by atoms with Crippen LogP contribution in [0.25, 0.3) is 16.9 Å². The summed E-state index contributed by atoms with van der Waals surface area (Å²) in [5.74, 6) is 0.675. The molecule has 0 aliphatic heterocycles. The number of aliphatic hydroxyl groups is 1. The fraction of sp³-hybridized carbons (Fsp3) is 0.103. The van der Waals surface area contributed by atoms with Crippen LogP contribution < -0.4 is 40.5 Å². The molecule has 0 radical (unpaired) electrons. The number of Topliss-reactive ketones (excluding diaryl/α,β-unsaturated/α-hetero) is 1. The van der Waals surface area contributed by atoms with Crippen LogP contribution in [-0.2, 0) is 9.68 Å². The third-order valence-corrected chi connectivity index (χ3v) is 5.98. The first kappa shape index (κ1) is 39.6. The van der Waals surface area contributed by atoms with Gasteiger partial charge in [0.1, 0.15) is 11.5 Å². The second kappa shape index (κ2) is 24.1. The molecule has 0 saturated heterocycles. The van der Waals surface area contributed by atoms with Crippen molar-refractivity contribution in [3.63, 3.8) is 0 Å². The van der Waals surface area contributed by atoms with Crippen molar-refractivity contribution in [2.24, 2.45) is 0 Å². The molecule has 0 amide bonds. The van der Waals surface area contributed by atoms with Gasteiger partial charge in [0, 0.05) is 45.3 Å². The molecular formula is C29H28Br3N4NaO5. The van der Waals surface area contributed by atoms with E-state index >= 15 is 0 Å². The monoisotopic (exact) mass is 772 g/mol. The van der Waals surface area contributed by atoms with E-state index in [2.05, 4.69) is 74.8 Å². The Bertz CT molecular complexity index is 1430. The van der Waals surface area contributed by atoms with E-state index < -0.39 is 0 Å². The van der Waals surface area contributed by atoms with E-state index in [1.807, 2.05) is 77.5 Å². The van der Waals surface area contributed by atoms with Gasteiger partial charge in [-0.1, -0.05) is 84.2 Å². The number of carbonyl (C=O) groups is 2. The van der Waals surface area contributed by atoms with Crippen LogP contribution in [0.1, 0.15) is 17.3 Å². The Balaban J connectivity index is 0.000000565. The number of carbonyl (C=O) groups excluding carboxylic acids is 2. The first-order chi connectivity index (χ1) is 19.8. The Hall–Kier alpha value is -2.42. The fourth-order valence-corrected chi connectivity index (χ4v) is 3.96. The number of halogens is 3. The summed E-state index contributed by atoms with van der Waals surface area (Å²) in [7, 11) is 0. The third kappa shape index (κ3) is 16.3. The molecule has 9 nitrogen and oxygen atoms in total. The number of ketones is 1. The number of alkyl halides is 1. The van der Waals surface area contributed by atoms with Crippen LogP contribution in [0.4, 0.5) is 5.82 Å². The van der Waals surface area contributed by atoms with Crippen LogP contribution in [0.5, 0.6) is 0 Å². The largest absolute Gasteiger partial charge is 1.00 e. The quantitative estimate of drug-likeness (QED) is 0.0710. The molecule has 0 unspecified atom stereocenters. The number of anilines is 1. The number of nitrogens with zero attached hydrogens (tertiary/aromatic N) is 3. The SMILES string of the molecule is Brc1cccc(-c2cn3ccccc3n2)c1.CCO.Nc1ccccn1.O=C(CBr)c1cccc(Br)c1.O=CO[O-].[Na+]. The normalized spacial score (nSPS) is 9.00. The molecule has 0 atom stereocenters. The van der Waals surface area contributed by atoms with Crippen molar-refractivity contribution in [2.75, 3.05) is 17.7 Å². The minimum absolute atomic E-state index is 0. The van der Waals surface area contributed by atoms with Gasteiger partial charge in [0.2, 0.25) is 0 Å². The van der Waals surface area contributed by atoms with Gasteiger partial charge in [0.15, 0.2) is 5.78 Å². The van der Waals surface area contributed by atoms with Gasteiger partial charge in [-0.3, -0.25) is 9.59 Å². The van der Waals surface area contributed by atoms with Crippen LogP contribution >= 0.6 is 47.8 Å². The van der Waals surface area contributed by atoms with E-state index in [4.69, 9.17) is 20.9 Å². The number of hydrogen-bond donors (Lipinski definition) is 2. The van der Waals surface area contributed by atoms with E-state index in [1.165, 1.54) is 0 Å². The summed E-state index contributed by atoms with van der Waals surface area (Å²) in [6.45, 7) is 1.75. The number of pyridine rings is 2. The number of benzene rings is 2. The molecule has 2 aromatic carbocycles. The minimum atomic E-state index is -0.181. The Morgan fingerprint density at radius 3 is 2.12 bits per heavy atom. The summed E-state index contributed by atoms with van der Waals surface area (Å²) in [5.41, 5.74) is 9.07. The summed E-state index contributed by atoms with van der Waals surface area (Å²) < 4.78 is 4.03. The third-order valence-electron chi connectivity index (χ3n) is 4.48. The molecular weight excluding hydrogens is 747 g/mol. The zero-order valence-electron chi connectivity index (χ0n) is 22.9. The summed E-state index contributed by atoms with van der Waals surface area (Å²) in [4.78, 5) is 30.7. The van der Waals surface area contributed by atoms with Crippen molar-refractivity contribution in [3.05, 3.63) is 118 Å². The Labute approximate surface area is 291 Å². The number of nitrogen functional groups attached to an aromatic ring is 1. The Morgan fingerprint density at radius 1 is 1.02 bits per heavy atom. The van der Waals surface area contributed by atoms with Crippen molar-refractivity contribution < 1.29 is 54.4 Å². The standard InChI is InChI=1S/C13H9BrN2.C8H6Br2O.C5H6N2.C2H6O.CH2O3.Na/c14-11-5-3-4-10(8-11)12-9-16-7-2-1-6-13(16)15-12;9-5-8(11)6-2-1-3-7(10)4-6;6-5-3-1-2-4-7-5;1-2-3;2-1-4-3;/h1-9H;1-4H,5H2;1-4H,(H2,6,7);3H,2H2,1H3;1,3H;/q;;;;;+1/p-1. The first-order valence-electron chi connectivity index (χ1n) is 11.8. The smallest absolute Gasteiger partial charge is 0.662 e. The van der Waals surface area contributed by atoms with Crippen LogP contribution in [0, 0.1) is 0 Å². The number of aromatic nitrogens is 3. The van der Waals surface area contributed by atoms with E-state index in [0.29, 0.717) is 11.1 Å². The summed E-state index contributed by atoms with van der Waals surface area (Å²) in [6, 6.07) is 26.9. The van der Waals surface area contributed by atoms with E-state index in [1.54, 1.807) is 25.3 Å². The van der Waals surface area contributed by atoms with Gasteiger partial charge in [-0.25, -0.2) is 9.97 Å². The average Bonchev–Trinajstić information content (AvgIpc) is 3.43. The summed E-state index contributed by atoms with van der Waals surface area (Å²) >= 11 is 9.87. The number of nitrogens with two attached hydrogens (primary N) is 1. The molecule has 0 spiro atoms. The maximum Gasteiger partial charge on any atom is 1.00 e. The summed E-state index contributed by atoms with van der Waals surface area (Å²) in [6.07, 6.45) is 5.70. The second-order valence-corrected chi connectivity index (χ2v) is 9.83. The molecule has 13 heteroatoms. The van der Waals surface area contributed by atoms with Gasteiger partial charge < -0.3 is 25.4 Å². The maximum absolute atomic E-state index is 11.1. The predicted molar refractivity (Wildman–Crippen MR) is 169 cm³/mol. The van der Waals surface area contributed by atoms with E-state index in [-0.39, 0.29) is 48.4 Å². The molecule has 216 valence electrons. The number of fused-ring (bicyclic) bond motifs is 1. The molecule has 0 aliphatic rings. The molecule has 3 heterocycles. The fourth-order valence-electron chi connectivity index (χ4n) is 2.84. The molecule has 0 bridgehead atoms. The zero-order valence-corrected chi connectivity index (χ0v) is 29.7. The summed E-state index contributed by atoms with van der Waals surface area (Å²) in [5, 5.41) is 16.4. The number of hydrogen-bond acceptors (Lipinski definition) is 8. The minimum Gasteiger partial charge on any atom is -0.662 e. The second-order valence-electron chi connectivity index (χ2n) is 7.43. The van der Waals surface area contributed by atoms with Crippen LogP contribution in [0.15, 0.2) is 112 Å². The molecule has 5 aromatic rings. The van der Waals surface area contributed by atoms with Crippen LogP contribution in [-0.4, -0.2) is 43.7 Å². The van der Waals surface area contributed by atoms with E-state index in [0.717, 1.165) is 31.4 Å². The maximum atomic E-state index is 11.1. The van der Waals surface area contributed by atoms with Crippen molar-refractivity contribution in [1.82, 2.24) is 14.4 Å². The molecule has 5 rings (SSSR count). The average molecular weight is 775 g/mol. The van der Waals surface area contributed by atoms with Crippen molar-refractivity contribution in [2.45, 2.75) is 6.92 Å². The van der Waals surface area contributed by atoms with Gasteiger partial charge in [0.25, 0.3) is 6.47 Å². The van der Waals surface area contributed by atoms with Crippen molar-refractivity contribution >= 4 is 71.5 Å². The number of imidazole rings is 1. The molecule has 3 N–H and O–H groups in total. The number of rotatable bonds is 4. The van der Waals surface area contributed by atoms with Gasteiger partial charge in [-0.2, -0.15) is 0 Å². The first-order valence-corrected chi connectivity index (χ1v) is 14.5. The van der Waals surface area contributed by atoms with Gasteiger partial charge in [0.05, 0.1) is 11.0 Å². The van der Waals surface area contributed by atoms with Gasteiger partial charge in [-0.15, -0.1) is 0 Å². The predicted octanol–water partition coefficient (Wildman–Crippen LogP) is 2.89. The molecule has 3 aromatic heterocycles. The van der Waals surface area contributed by atoms with E-state index in [9.17, 15) is 4.79 Å². The molecule has 0 fully saturated rings. The molecule has 0 saturated carbocycles. The Kier molecular flexibility index (Phi) is 22.7.